The molecule has 27 heavy (non-hydrogen) atoms. The van der Waals surface area contributed by atoms with Crippen molar-refractivity contribution in [2.75, 3.05) is 19.7 Å². The molecule has 1 aliphatic heterocycles. The Morgan fingerprint density at radius 3 is 2.48 bits per heavy atom. The highest BCUT2D eigenvalue weighted by atomic mass is 16.6. The van der Waals surface area contributed by atoms with Crippen molar-refractivity contribution in [2.24, 2.45) is 0 Å². The Morgan fingerprint density at radius 1 is 1.22 bits per heavy atom. The summed E-state index contributed by atoms with van der Waals surface area (Å²) in [6.45, 7) is 10.3. The number of hydrogen-bond donors (Lipinski definition) is 1. The number of nitrogens with zero attached hydrogens (tertiary/aromatic N) is 1. The van der Waals surface area contributed by atoms with E-state index in [4.69, 9.17) is 9.47 Å². The normalized spacial score (nSPS) is 16.0. The second kappa shape index (κ2) is 8.93. The number of carbonyl (C=O) groups excluding carboxylic acids is 2. The van der Waals surface area contributed by atoms with E-state index in [1.807, 2.05) is 58.0 Å². The largest absolute Gasteiger partial charge is 0.457 e. The van der Waals surface area contributed by atoms with Crippen molar-refractivity contribution in [3.8, 4) is 0 Å². The minimum atomic E-state index is -0.605. The average Bonchev–Trinajstić information content (AvgIpc) is 2.61. The summed E-state index contributed by atoms with van der Waals surface area (Å²) < 4.78 is 10.7. The molecule has 0 saturated heterocycles. The van der Waals surface area contributed by atoms with Crippen molar-refractivity contribution < 1.29 is 19.1 Å². The molecule has 0 fully saturated rings. The lowest BCUT2D eigenvalue weighted by molar-refractivity contribution is -0.150. The zero-order valence-electron chi connectivity index (χ0n) is 16.9. The number of rotatable bonds is 5. The quantitative estimate of drug-likeness (QED) is 0.794. The van der Waals surface area contributed by atoms with Gasteiger partial charge in [-0.3, -0.25) is 0 Å². The first-order chi connectivity index (χ1) is 12.7. The van der Waals surface area contributed by atoms with Crippen LogP contribution in [0.25, 0.3) is 0 Å². The topological polar surface area (TPSA) is 67.9 Å². The number of esters is 1. The Hall–Kier alpha value is -2.50. The van der Waals surface area contributed by atoms with E-state index in [1.54, 1.807) is 11.8 Å². The molecule has 0 radical (unpaired) electrons. The molecule has 2 rings (SSSR count). The molecule has 1 amide bonds. The van der Waals surface area contributed by atoms with Gasteiger partial charge in [0.25, 0.3) is 0 Å². The Kier molecular flexibility index (Phi) is 6.88. The summed E-state index contributed by atoms with van der Waals surface area (Å²) in [5.41, 5.74) is 1.82. The molecule has 0 aromatic heterocycles. The highest BCUT2D eigenvalue weighted by Gasteiger charge is 2.31. The van der Waals surface area contributed by atoms with Crippen LogP contribution in [-0.4, -0.2) is 42.3 Å². The van der Waals surface area contributed by atoms with Gasteiger partial charge in [0.2, 0.25) is 0 Å². The van der Waals surface area contributed by atoms with Crippen molar-refractivity contribution in [1.82, 2.24) is 10.2 Å². The molecule has 1 aromatic rings. The van der Waals surface area contributed by atoms with Gasteiger partial charge in [-0.05, 0) is 40.2 Å². The monoisotopic (exact) mass is 374 g/mol. The molecule has 0 saturated carbocycles. The third kappa shape index (κ3) is 6.01. The minimum Gasteiger partial charge on any atom is -0.457 e. The molecule has 148 valence electrons. The first-order valence-corrected chi connectivity index (χ1v) is 9.39. The number of benzene rings is 1. The van der Waals surface area contributed by atoms with E-state index in [2.05, 4.69) is 5.32 Å². The third-order valence-electron chi connectivity index (χ3n) is 4.21. The molecule has 6 heteroatoms. The first kappa shape index (κ1) is 20.8. The summed E-state index contributed by atoms with van der Waals surface area (Å²) in [6, 6.07) is 10.1. The molecule has 6 nitrogen and oxygen atoms in total. The lowest BCUT2D eigenvalue weighted by Crippen LogP contribution is -2.42. The number of hydrogen-bond acceptors (Lipinski definition) is 5. The third-order valence-corrected chi connectivity index (χ3v) is 4.21. The fourth-order valence-electron chi connectivity index (χ4n) is 2.91. The number of ether oxygens (including phenoxy) is 2. The van der Waals surface area contributed by atoms with Crippen LogP contribution in [0.5, 0.6) is 0 Å². The highest BCUT2D eigenvalue weighted by molar-refractivity contribution is 5.91. The van der Waals surface area contributed by atoms with Crippen LogP contribution in [0.15, 0.2) is 41.6 Å². The maximum Gasteiger partial charge on any atom is 0.410 e. The summed E-state index contributed by atoms with van der Waals surface area (Å²) >= 11 is 0. The van der Waals surface area contributed by atoms with Crippen molar-refractivity contribution in [1.29, 1.82) is 0 Å². The zero-order chi connectivity index (χ0) is 20.0. The predicted octanol–water partition coefficient (Wildman–Crippen LogP) is 3.80. The SMILES string of the molecule is CCOC(=O)N1CCC(NC(C)c2ccccc2)=C(C(=O)OC(C)(C)C)C1. The molecule has 0 spiro atoms. The molecule has 1 aliphatic rings. The van der Waals surface area contributed by atoms with E-state index >= 15 is 0 Å². The minimum absolute atomic E-state index is 0.0350. The Balaban J connectivity index is 2.25. The second-order valence-corrected chi connectivity index (χ2v) is 7.61. The Labute approximate surface area is 161 Å². The van der Waals surface area contributed by atoms with Gasteiger partial charge in [0.05, 0.1) is 18.7 Å². The molecular weight excluding hydrogens is 344 g/mol. The van der Waals surface area contributed by atoms with Crippen LogP contribution in [-0.2, 0) is 14.3 Å². The van der Waals surface area contributed by atoms with Gasteiger partial charge < -0.3 is 19.7 Å². The van der Waals surface area contributed by atoms with Crippen LogP contribution in [0.3, 0.4) is 0 Å². The average molecular weight is 374 g/mol. The van der Waals surface area contributed by atoms with Gasteiger partial charge in [-0.25, -0.2) is 9.59 Å². The molecule has 0 aliphatic carbocycles. The van der Waals surface area contributed by atoms with E-state index in [9.17, 15) is 9.59 Å². The van der Waals surface area contributed by atoms with Gasteiger partial charge in [0.15, 0.2) is 0 Å². The maximum absolute atomic E-state index is 12.8. The van der Waals surface area contributed by atoms with Gasteiger partial charge in [0.1, 0.15) is 5.60 Å². The number of nitrogens with one attached hydrogen (secondary N) is 1. The molecule has 1 heterocycles. The van der Waals surface area contributed by atoms with Crippen LogP contribution in [0.4, 0.5) is 4.79 Å². The summed E-state index contributed by atoms with van der Waals surface area (Å²) in [6.07, 6.45) is 0.138. The molecule has 0 bridgehead atoms. The summed E-state index contributed by atoms with van der Waals surface area (Å²) in [7, 11) is 0. The fraction of sp³-hybridized carbons (Fsp3) is 0.524. The molecule has 1 aromatic carbocycles. The zero-order valence-corrected chi connectivity index (χ0v) is 16.9. The van der Waals surface area contributed by atoms with Crippen molar-refractivity contribution in [2.45, 2.75) is 52.7 Å². The van der Waals surface area contributed by atoms with Crippen LogP contribution in [0.1, 0.15) is 52.6 Å². The van der Waals surface area contributed by atoms with Gasteiger partial charge in [0, 0.05) is 24.7 Å². The Bertz CT molecular complexity index is 692. The van der Waals surface area contributed by atoms with Crippen molar-refractivity contribution >= 4 is 12.1 Å². The van der Waals surface area contributed by atoms with Gasteiger partial charge >= 0.3 is 12.1 Å². The van der Waals surface area contributed by atoms with Crippen LogP contribution in [0.2, 0.25) is 0 Å². The summed E-state index contributed by atoms with van der Waals surface area (Å²) in [5, 5.41) is 3.44. The number of carbonyl (C=O) groups is 2. The molecule has 1 N–H and O–H groups in total. The van der Waals surface area contributed by atoms with E-state index in [0.717, 1.165) is 11.3 Å². The molecule has 1 unspecified atom stereocenters. The summed E-state index contributed by atoms with van der Waals surface area (Å²) in [4.78, 5) is 26.4. The van der Waals surface area contributed by atoms with Crippen molar-refractivity contribution in [3.63, 3.8) is 0 Å². The lowest BCUT2D eigenvalue weighted by atomic mass is 10.0. The molecular formula is C21H30N2O4. The van der Waals surface area contributed by atoms with E-state index in [0.29, 0.717) is 25.1 Å². The molecule has 1 atom stereocenters. The summed E-state index contributed by atoms with van der Waals surface area (Å²) in [5.74, 6) is -0.403. The van der Waals surface area contributed by atoms with Gasteiger partial charge in [-0.2, -0.15) is 0 Å². The predicted molar refractivity (Wildman–Crippen MR) is 104 cm³/mol. The van der Waals surface area contributed by atoms with Crippen LogP contribution in [0, 0.1) is 0 Å². The van der Waals surface area contributed by atoms with Crippen LogP contribution >= 0.6 is 0 Å². The highest BCUT2D eigenvalue weighted by Crippen LogP contribution is 2.23. The van der Waals surface area contributed by atoms with E-state index in [1.165, 1.54) is 0 Å². The standard InChI is InChI=1S/C21H30N2O4/c1-6-26-20(25)23-13-12-18(17(14-23)19(24)27-21(3,4)5)22-15(2)16-10-8-7-9-11-16/h7-11,15,22H,6,12-14H2,1-5H3. The second-order valence-electron chi connectivity index (χ2n) is 7.61. The van der Waals surface area contributed by atoms with Gasteiger partial charge in [-0.15, -0.1) is 0 Å². The maximum atomic E-state index is 12.8. The lowest BCUT2D eigenvalue weighted by Gasteiger charge is -2.32. The van der Waals surface area contributed by atoms with Crippen molar-refractivity contribution in [3.05, 3.63) is 47.2 Å². The Morgan fingerprint density at radius 2 is 1.89 bits per heavy atom. The van der Waals surface area contributed by atoms with E-state index in [-0.39, 0.29) is 12.6 Å². The smallest absolute Gasteiger partial charge is 0.410 e. The number of amides is 1. The van der Waals surface area contributed by atoms with Crippen LogP contribution < -0.4 is 5.32 Å². The van der Waals surface area contributed by atoms with Gasteiger partial charge in [-0.1, -0.05) is 30.3 Å². The van der Waals surface area contributed by atoms with E-state index < -0.39 is 17.7 Å². The first-order valence-electron chi connectivity index (χ1n) is 9.39. The fourth-order valence-corrected chi connectivity index (χ4v) is 2.91.